The summed E-state index contributed by atoms with van der Waals surface area (Å²) in [7, 11) is -3.68. The van der Waals surface area contributed by atoms with Crippen LogP contribution in [0.3, 0.4) is 0 Å². The van der Waals surface area contributed by atoms with E-state index in [9.17, 15) is 8.42 Å². The largest absolute Gasteiger partial charge is 0.384 e. The highest BCUT2D eigenvalue weighted by Crippen LogP contribution is 2.24. The van der Waals surface area contributed by atoms with Gasteiger partial charge in [-0.1, -0.05) is 25.4 Å². The van der Waals surface area contributed by atoms with Crippen LogP contribution in [-0.2, 0) is 10.0 Å². The van der Waals surface area contributed by atoms with Crippen LogP contribution in [0.1, 0.15) is 20.3 Å². The van der Waals surface area contributed by atoms with Crippen LogP contribution in [-0.4, -0.2) is 15.0 Å². The molecule has 0 fully saturated rings. The maximum absolute atomic E-state index is 11.2. The van der Waals surface area contributed by atoms with Crippen molar-refractivity contribution in [2.75, 3.05) is 11.9 Å². The third-order valence-electron chi connectivity index (χ3n) is 2.30. The summed E-state index contributed by atoms with van der Waals surface area (Å²) in [5, 5.41) is 8.65. The molecular formula is C11H17ClN2O2S. The maximum Gasteiger partial charge on any atom is 0.238 e. The molecule has 0 unspecified atom stereocenters. The molecule has 0 aliphatic carbocycles. The Morgan fingerprint density at radius 1 is 1.41 bits per heavy atom. The van der Waals surface area contributed by atoms with Gasteiger partial charge in [0.1, 0.15) is 0 Å². The van der Waals surface area contributed by atoms with Crippen molar-refractivity contribution in [3.63, 3.8) is 0 Å². The molecule has 0 aromatic heterocycles. The predicted octanol–water partition coefficient (Wildman–Crippen LogP) is 2.45. The Hall–Kier alpha value is -0.780. The number of halogens is 1. The summed E-state index contributed by atoms with van der Waals surface area (Å²) < 4.78 is 22.4. The van der Waals surface area contributed by atoms with Crippen LogP contribution in [0.25, 0.3) is 0 Å². The normalized spacial score (nSPS) is 11.8. The van der Waals surface area contributed by atoms with E-state index in [1.165, 1.54) is 18.2 Å². The highest BCUT2D eigenvalue weighted by molar-refractivity contribution is 7.89. The lowest BCUT2D eigenvalue weighted by Gasteiger charge is -2.11. The number of rotatable bonds is 5. The number of nitrogens with two attached hydrogens (primary N) is 1. The highest BCUT2D eigenvalue weighted by Gasteiger charge is 2.10. The Labute approximate surface area is 107 Å². The molecule has 17 heavy (non-hydrogen) atoms. The van der Waals surface area contributed by atoms with Crippen molar-refractivity contribution in [3.8, 4) is 0 Å². The van der Waals surface area contributed by atoms with Gasteiger partial charge in [-0.15, -0.1) is 0 Å². The molecule has 0 aliphatic heterocycles. The van der Waals surface area contributed by atoms with Gasteiger partial charge in [-0.05, 0) is 30.5 Å². The molecule has 96 valence electrons. The lowest BCUT2D eigenvalue weighted by atomic mass is 10.1. The number of hydrogen-bond donors (Lipinski definition) is 2. The van der Waals surface area contributed by atoms with Crippen LogP contribution < -0.4 is 10.5 Å². The van der Waals surface area contributed by atoms with E-state index in [4.69, 9.17) is 16.7 Å². The number of anilines is 1. The Balaban J connectivity index is 2.84. The van der Waals surface area contributed by atoms with Gasteiger partial charge in [0.25, 0.3) is 0 Å². The van der Waals surface area contributed by atoms with E-state index in [0.717, 1.165) is 13.0 Å². The van der Waals surface area contributed by atoms with E-state index >= 15 is 0 Å². The van der Waals surface area contributed by atoms with Crippen molar-refractivity contribution in [1.29, 1.82) is 0 Å². The first-order chi connectivity index (χ1) is 7.80. The van der Waals surface area contributed by atoms with Crippen LogP contribution in [0.15, 0.2) is 23.1 Å². The summed E-state index contributed by atoms with van der Waals surface area (Å²) in [6.07, 6.45) is 0.982. The molecule has 6 heteroatoms. The molecule has 0 heterocycles. The molecule has 0 saturated heterocycles. The molecule has 0 bridgehead atoms. The average Bonchev–Trinajstić information content (AvgIpc) is 2.18. The smallest absolute Gasteiger partial charge is 0.238 e. The highest BCUT2D eigenvalue weighted by atomic mass is 35.5. The zero-order valence-corrected chi connectivity index (χ0v) is 11.5. The number of benzene rings is 1. The number of hydrogen-bond acceptors (Lipinski definition) is 3. The molecule has 0 aliphatic rings. The standard InChI is InChI=1S/C11H17ClN2O2S/c1-8(2)5-6-14-11-7-9(17(13,15)16)3-4-10(11)12/h3-4,7-8,14H,5-6H2,1-2H3,(H2,13,15,16). The lowest BCUT2D eigenvalue weighted by Crippen LogP contribution is -2.13. The van der Waals surface area contributed by atoms with Crippen LogP contribution >= 0.6 is 11.6 Å². The van der Waals surface area contributed by atoms with E-state index < -0.39 is 10.0 Å². The molecule has 1 aromatic rings. The monoisotopic (exact) mass is 276 g/mol. The maximum atomic E-state index is 11.2. The Bertz CT molecular complexity index is 486. The first-order valence-corrected chi connectivity index (χ1v) is 7.29. The fourth-order valence-electron chi connectivity index (χ4n) is 1.31. The molecule has 0 amide bonds. The van der Waals surface area contributed by atoms with Gasteiger partial charge in [0, 0.05) is 6.54 Å². The Morgan fingerprint density at radius 3 is 2.59 bits per heavy atom. The summed E-state index contributed by atoms with van der Waals surface area (Å²) in [5.74, 6) is 0.572. The average molecular weight is 277 g/mol. The summed E-state index contributed by atoms with van der Waals surface area (Å²) in [6.45, 7) is 4.97. The topological polar surface area (TPSA) is 72.2 Å². The van der Waals surface area contributed by atoms with Gasteiger partial charge in [-0.25, -0.2) is 13.6 Å². The zero-order chi connectivity index (χ0) is 13.1. The molecule has 1 rings (SSSR count). The Morgan fingerprint density at radius 2 is 2.06 bits per heavy atom. The van der Waals surface area contributed by atoms with Gasteiger partial charge in [-0.2, -0.15) is 0 Å². The van der Waals surface area contributed by atoms with Gasteiger partial charge < -0.3 is 5.32 Å². The predicted molar refractivity (Wildman–Crippen MR) is 70.8 cm³/mol. The van der Waals surface area contributed by atoms with Crippen molar-refractivity contribution in [1.82, 2.24) is 0 Å². The number of sulfonamides is 1. The van der Waals surface area contributed by atoms with Gasteiger partial charge >= 0.3 is 0 Å². The second-order valence-corrected chi connectivity index (χ2v) is 6.26. The van der Waals surface area contributed by atoms with E-state index in [0.29, 0.717) is 16.6 Å². The van der Waals surface area contributed by atoms with Crippen LogP contribution in [0, 0.1) is 5.92 Å². The van der Waals surface area contributed by atoms with E-state index in [-0.39, 0.29) is 4.90 Å². The molecule has 0 atom stereocenters. The van der Waals surface area contributed by atoms with E-state index in [1.807, 2.05) is 0 Å². The zero-order valence-electron chi connectivity index (χ0n) is 9.90. The molecular weight excluding hydrogens is 260 g/mol. The van der Waals surface area contributed by atoms with Crippen LogP contribution in [0.2, 0.25) is 5.02 Å². The summed E-state index contributed by atoms with van der Waals surface area (Å²) in [4.78, 5) is 0.0638. The van der Waals surface area contributed by atoms with E-state index in [1.54, 1.807) is 0 Å². The minimum absolute atomic E-state index is 0.0638. The van der Waals surface area contributed by atoms with Crippen molar-refractivity contribution in [2.24, 2.45) is 11.1 Å². The van der Waals surface area contributed by atoms with Crippen molar-refractivity contribution >= 4 is 27.3 Å². The quantitative estimate of drug-likeness (QED) is 0.868. The molecule has 0 spiro atoms. The van der Waals surface area contributed by atoms with Crippen molar-refractivity contribution in [3.05, 3.63) is 23.2 Å². The molecule has 4 nitrogen and oxygen atoms in total. The van der Waals surface area contributed by atoms with Gasteiger partial charge in [0.15, 0.2) is 0 Å². The SMILES string of the molecule is CC(C)CCNc1cc(S(N)(=O)=O)ccc1Cl. The van der Waals surface area contributed by atoms with Crippen LogP contribution in [0.4, 0.5) is 5.69 Å². The number of nitrogens with one attached hydrogen (secondary N) is 1. The third-order valence-corrected chi connectivity index (χ3v) is 3.54. The van der Waals surface area contributed by atoms with Gasteiger partial charge in [0.2, 0.25) is 10.0 Å². The Kier molecular flexibility index (Phi) is 4.80. The van der Waals surface area contributed by atoms with Gasteiger partial charge in [-0.3, -0.25) is 0 Å². The summed E-state index contributed by atoms with van der Waals surface area (Å²) in [5.41, 5.74) is 0.596. The lowest BCUT2D eigenvalue weighted by molar-refractivity contribution is 0.597. The summed E-state index contributed by atoms with van der Waals surface area (Å²) >= 11 is 5.96. The minimum Gasteiger partial charge on any atom is -0.384 e. The minimum atomic E-state index is -3.68. The second kappa shape index (κ2) is 5.71. The van der Waals surface area contributed by atoms with Crippen molar-refractivity contribution in [2.45, 2.75) is 25.2 Å². The second-order valence-electron chi connectivity index (χ2n) is 4.30. The number of primary sulfonamides is 1. The van der Waals surface area contributed by atoms with Crippen molar-refractivity contribution < 1.29 is 8.42 Å². The first-order valence-electron chi connectivity index (χ1n) is 5.37. The fraction of sp³-hybridized carbons (Fsp3) is 0.455. The fourth-order valence-corrected chi connectivity index (χ4v) is 2.04. The van der Waals surface area contributed by atoms with Gasteiger partial charge in [0.05, 0.1) is 15.6 Å². The first kappa shape index (κ1) is 14.3. The van der Waals surface area contributed by atoms with Crippen LogP contribution in [0.5, 0.6) is 0 Å². The molecule has 1 aromatic carbocycles. The molecule has 0 radical (unpaired) electrons. The third kappa shape index (κ3) is 4.53. The van der Waals surface area contributed by atoms with E-state index in [2.05, 4.69) is 19.2 Å². The molecule has 0 saturated carbocycles. The molecule has 3 N–H and O–H groups in total. The summed E-state index contributed by atoms with van der Waals surface area (Å²) in [6, 6.07) is 4.38.